The van der Waals surface area contributed by atoms with E-state index in [1.165, 1.54) is 30.5 Å². The smallest absolute Gasteiger partial charge is 0.128 e. The van der Waals surface area contributed by atoms with Gasteiger partial charge in [-0.25, -0.2) is 0 Å². The van der Waals surface area contributed by atoms with Crippen LogP contribution >= 0.6 is 0 Å². The summed E-state index contributed by atoms with van der Waals surface area (Å²) in [6.45, 7) is 9.72. The zero-order valence-corrected chi connectivity index (χ0v) is 19.7. The van der Waals surface area contributed by atoms with Crippen molar-refractivity contribution in [1.82, 2.24) is 9.88 Å². The lowest BCUT2D eigenvalue weighted by atomic mass is 9.90. The Labute approximate surface area is 197 Å². The molecular weight excluding hydrogens is 410 g/mol. The van der Waals surface area contributed by atoms with Crippen LogP contribution in [-0.2, 0) is 11.2 Å². The van der Waals surface area contributed by atoms with E-state index in [-0.39, 0.29) is 0 Å². The highest BCUT2D eigenvalue weighted by Crippen LogP contribution is 2.26. The monoisotopic (exact) mass is 445 g/mol. The van der Waals surface area contributed by atoms with Crippen molar-refractivity contribution in [2.75, 3.05) is 57.4 Å². The van der Waals surface area contributed by atoms with E-state index < -0.39 is 0 Å². The minimum Gasteiger partial charge on any atom is -0.492 e. The second kappa shape index (κ2) is 10.5. The van der Waals surface area contributed by atoms with Crippen LogP contribution in [0, 0.1) is 12.8 Å². The molecule has 2 aliphatic rings. The Balaban J connectivity index is 1.08. The van der Waals surface area contributed by atoms with Crippen molar-refractivity contribution < 1.29 is 9.47 Å². The van der Waals surface area contributed by atoms with Gasteiger partial charge in [0, 0.05) is 36.4 Å². The fraction of sp³-hybridized carbons (Fsp3) is 0.464. The Kier molecular flexibility index (Phi) is 7.08. The average molecular weight is 446 g/mol. The lowest BCUT2D eigenvalue weighted by molar-refractivity contribution is 0.122. The van der Waals surface area contributed by atoms with E-state index >= 15 is 0 Å². The number of hydrogen-bond acceptors (Lipinski definition) is 5. The number of nitrogens with zero attached hydrogens (tertiary/aromatic N) is 3. The number of hydrogen-bond donors (Lipinski definition) is 0. The van der Waals surface area contributed by atoms with E-state index in [0.29, 0.717) is 0 Å². The van der Waals surface area contributed by atoms with Crippen LogP contribution < -0.4 is 9.64 Å². The first kappa shape index (κ1) is 22.2. The summed E-state index contributed by atoms with van der Waals surface area (Å²) in [5, 5.41) is 1.10. The van der Waals surface area contributed by atoms with Gasteiger partial charge in [0.25, 0.3) is 0 Å². The first-order valence-corrected chi connectivity index (χ1v) is 12.4. The van der Waals surface area contributed by atoms with Crippen molar-refractivity contribution in [3.63, 3.8) is 0 Å². The molecule has 0 unspecified atom stereocenters. The minimum atomic E-state index is 0.721. The van der Waals surface area contributed by atoms with Gasteiger partial charge < -0.3 is 14.4 Å². The average Bonchev–Trinajstić information content (AvgIpc) is 2.86. The maximum Gasteiger partial charge on any atom is 0.128 e. The minimum absolute atomic E-state index is 0.721. The van der Waals surface area contributed by atoms with E-state index in [1.807, 2.05) is 13.0 Å². The van der Waals surface area contributed by atoms with Crippen molar-refractivity contribution >= 4 is 16.6 Å². The molecule has 33 heavy (non-hydrogen) atoms. The van der Waals surface area contributed by atoms with Crippen molar-refractivity contribution in [3.8, 4) is 5.75 Å². The highest BCUT2D eigenvalue weighted by molar-refractivity contribution is 5.85. The lowest BCUT2D eigenvalue weighted by Gasteiger charge is -2.32. The fourth-order valence-electron chi connectivity index (χ4n) is 5.09. The van der Waals surface area contributed by atoms with Crippen molar-refractivity contribution in [3.05, 3.63) is 65.9 Å². The molecule has 0 radical (unpaired) electrons. The number of aromatic nitrogens is 1. The summed E-state index contributed by atoms with van der Waals surface area (Å²) >= 11 is 0. The van der Waals surface area contributed by atoms with E-state index in [1.54, 1.807) is 0 Å². The normalized spacial score (nSPS) is 18.0. The van der Waals surface area contributed by atoms with Crippen LogP contribution in [0.5, 0.6) is 5.75 Å². The van der Waals surface area contributed by atoms with Crippen LogP contribution in [0.1, 0.15) is 24.1 Å². The maximum absolute atomic E-state index is 6.16. The van der Waals surface area contributed by atoms with Crippen LogP contribution in [0.4, 0.5) is 5.69 Å². The van der Waals surface area contributed by atoms with Crippen molar-refractivity contribution in [2.45, 2.75) is 26.2 Å². The third-order valence-corrected chi connectivity index (χ3v) is 7.01. The number of benzene rings is 2. The van der Waals surface area contributed by atoms with E-state index in [9.17, 15) is 0 Å². The molecule has 1 aromatic heterocycles. The van der Waals surface area contributed by atoms with E-state index in [4.69, 9.17) is 9.47 Å². The predicted octanol–water partition coefficient (Wildman–Crippen LogP) is 4.71. The van der Waals surface area contributed by atoms with Crippen LogP contribution in [0.3, 0.4) is 0 Å². The molecule has 5 heteroatoms. The quantitative estimate of drug-likeness (QED) is 0.526. The molecule has 0 atom stereocenters. The summed E-state index contributed by atoms with van der Waals surface area (Å²) in [7, 11) is 0. The molecular formula is C28H35N3O2. The van der Waals surface area contributed by atoms with Gasteiger partial charge in [-0.05, 0) is 87.2 Å². The second-order valence-electron chi connectivity index (χ2n) is 9.38. The molecule has 2 aliphatic heterocycles. The van der Waals surface area contributed by atoms with Gasteiger partial charge in [-0.1, -0.05) is 18.2 Å². The van der Waals surface area contributed by atoms with Crippen LogP contribution in [0.25, 0.3) is 10.9 Å². The zero-order chi connectivity index (χ0) is 22.5. The number of anilines is 1. The fourth-order valence-corrected chi connectivity index (χ4v) is 5.09. The Morgan fingerprint density at radius 2 is 1.79 bits per heavy atom. The third kappa shape index (κ3) is 5.66. The van der Waals surface area contributed by atoms with Gasteiger partial charge in [-0.15, -0.1) is 0 Å². The Morgan fingerprint density at radius 3 is 2.64 bits per heavy atom. The van der Waals surface area contributed by atoms with Gasteiger partial charge in [0.15, 0.2) is 0 Å². The number of aryl methyl sites for hydroxylation is 1. The van der Waals surface area contributed by atoms with Gasteiger partial charge in [0.1, 0.15) is 12.4 Å². The molecule has 0 N–H and O–H groups in total. The van der Waals surface area contributed by atoms with Gasteiger partial charge in [0.05, 0.1) is 18.7 Å². The maximum atomic E-state index is 6.16. The molecule has 2 saturated heterocycles. The highest BCUT2D eigenvalue weighted by Gasteiger charge is 2.20. The van der Waals surface area contributed by atoms with Gasteiger partial charge in [-0.3, -0.25) is 9.88 Å². The predicted molar refractivity (Wildman–Crippen MR) is 134 cm³/mol. The molecule has 2 aromatic carbocycles. The molecule has 5 nitrogen and oxygen atoms in total. The number of morpholine rings is 1. The van der Waals surface area contributed by atoms with Gasteiger partial charge in [-0.2, -0.15) is 0 Å². The van der Waals surface area contributed by atoms with Gasteiger partial charge in [0.2, 0.25) is 0 Å². The molecule has 0 saturated carbocycles. The number of ether oxygens (including phenoxy) is 2. The first-order valence-electron chi connectivity index (χ1n) is 12.4. The Hall–Kier alpha value is -2.63. The van der Waals surface area contributed by atoms with E-state index in [2.05, 4.69) is 63.3 Å². The molecule has 0 aliphatic carbocycles. The molecule has 174 valence electrons. The highest BCUT2D eigenvalue weighted by atomic mass is 16.5. The van der Waals surface area contributed by atoms with Crippen LogP contribution in [-0.4, -0.2) is 62.4 Å². The van der Waals surface area contributed by atoms with Crippen molar-refractivity contribution in [2.24, 2.45) is 5.92 Å². The molecule has 0 bridgehead atoms. The largest absolute Gasteiger partial charge is 0.492 e. The molecule has 0 amide bonds. The first-order chi connectivity index (χ1) is 16.2. The summed E-state index contributed by atoms with van der Waals surface area (Å²) in [4.78, 5) is 9.61. The van der Waals surface area contributed by atoms with Crippen molar-refractivity contribution in [1.29, 1.82) is 0 Å². The van der Waals surface area contributed by atoms with Crippen LogP contribution in [0.15, 0.2) is 54.6 Å². The van der Waals surface area contributed by atoms with Crippen LogP contribution in [0.2, 0.25) is 0 Å². The number of piperidine rings is 1. The topological polar surface area (TPSA) is 37.8 Å². The molecule has 5 rings (SSSR count). The van der Waals surface area contributed by atoms with Gasteiger partial charge >= 0.3 is 0 Å². The summed E-state index contributed by atoms with van der Waals surface area (Å²) in [5.41, 5.74) is 4.87. The summed E-state index contributed by atoms with van der Waals surface area (Å²) in [6, 6.07) is 19.5. The molecule has 3 aromatic rings. The SMILES string of the molecule is Cc1ccc2c(OCCN3CCC(Cc4cccc(N5CCOCC5)c4)CC3)cccc2n1. The summed E-state index contributed by atoms with van der Waals surface area (Å²) < 4.78 is 11.7. The third-order valence-electron chi connectivity index (χ3n) is 7.01. The Bertz CT molecular complexity index is 1060. The molecule has 2 fully saturated rings. The number of rotatable bonds is 7. The standard InChI is InChI=1S/C28H35N3O2/c1-22-8-9-26-27(29-22)6-3-7-28(26)33-19-14-30-12-10-23(11-13-30)20-24-4-2-5-25(21-24)31-15-17-32-18-16-31/h2-9,21,23H,10-20H2,1H3. The molecule has 3 heterocycles. The summed E-state index contributed by atoms with van der Waals surface area (Å²) in [6.07, 6.45) is 3.71. The van der Waals surface area contributed by atoms with E-state index in [0.717, 1.165) is 80.8 Å². The summed E-state index contributed by atoms with van der Waals surface area (Å²) in [5.74, 6) is 1.71. The Morgan fingerprint density at radius 1 is 0.970 bits per heavy atom. The zero-order valence-electron chi connectivity index (χ0n) is 19.7. The lowest BCUT2D eigenvalue weighted by Crippen LogP contribution is -2.37. The second-order valence-corrected chi connectivity index (χ2v) is 9.38. The molecule has 0 spiro atoms. The number of fused-ring (bicyclic) bond motifs is 1. The number of pyridine rings is 1. The number of likely N-dealkylation sites (tertiary alicyclic amines) is 1.